The maximum Gasteiger partial charge on any atom is 0.0233 e. The van der Waals surface area contributed by atoms with Crippen molar-refractivity contribution in [1.29, 1.82) is 0 Å². The van der Waals surface area contributed by atoms with Gasteiger partial charge in [-0.25, -0.2) is 0 Å². The summed E-state index contributed by atoms with van der Waals surface area (Å²) in [4.78, 5) is 2.54. The van der Waals surface area contributed by atoms with Crippen molar-refractivity contribution in [3.63, 3.8) is 0 Å². The third kappa shape index (κ3) is 3.21. The summed E-state index contributed by atoms with van der Waals surface area (Å²) in [6.45, 7) is 7.57. The van der Waals surface area contributed by atoms with E-state index in [2.05, 4.69) is 41.8 Å². The van der Waals surface area contributed by atoms with Gasteiger partial charge in [0.25, 0.3) is 0 Å². The summed E-state index contributed by atoms with van der Waals surface area (Å²) in [6, 6.07) is 10.7. The maximum atomic E-state index is 4.09. The molecule has 1 aliphatic rings. The van der Waals surface area contributed by atoms with Crippen molar-refractivity contribution in [2.75, 3.05) is 13.1 Å². The van der Waals surface area contributed by atoms with Gasteiger partial charge in [0.2, 0.25) is 0 Å². The van der Waals surface area contributed by atoms with Gasteiger partial charge in [0.15, 0.2) is 0 Å². The molecule has 0 N–H and O–H groups in total. The van der Waals surface area contributed by atoms with Gasteiger partial charge in [-0.15, -0.1) is 0 Å². The number of likely N-dealkylation sites (tertiary alicyclic amines) is 1. The van der Waals surface area contributed by atoms with Gasteiger partial charge in [-0.3, -0.25) is 4.90 Å². The quantitative estimate of drug-likeness (QED) is 0.664. The summed E-state index contributed by atoms with van der Waals surface area (Å²) in [5.41, 5.74) is 2.84. The average Bonchev–Trinajstić information content (AvgIpc) is 2.46. The van der Waals surface area contributed by atoms with E-state index < -0.39 is 0 Å². The molecule has 1 fully saturated rings. The summed E-state index contributed by atoms with van der Waals surface area (Å²) in [6.07, 6.45) is 3.66. The molecular weight excluding hydrogens is 182 g/mol. The minimum atomic E-state index is 1.09. The smallest absolute Gasteiger partial charge is 0.0233 e. The van der Waals surface area contributed by atoms with Crippen LogP contribution in [0.3, 0.4) is 0 Å². The van der Waals surface area contributed by atoms with E-state index in [1.165, 1.54) is 43.5 Å². The van der Waals surface area contributed by atoms with Crippen LogP contribution in [0, 0.1) is 0 Å². The highest BCUT2D eigenvalue weighted by atomic mass is 15.1. The number of rotatable bonds is 2. The Labute approximate surface area is 92.4 Å². The van der Waals surface area contributed by atoms with Crippen molar-refractivity contribution in [3.05, 3.63) is 48.0 Å². The first-order valence-corrected chi connectivity index (χ1v) is 5.77. The average molecular weight is 201 g/mol. The van der Waals surface area contributed by atoms with Gasteiger partial charge in [0.1, 0.15) is 0 Å². The van der Waals surface area contributed by atoms with Crippen LogP contribution in [0.2, 0.25) is 0 Å². The summed E-state index contributed by atoms with van der Waals surface area (Å²) < 4.78 is 0. The van der Waals surface area contributed by atoms with Crippen molar-refractivity contribution < 1.29 is 0 Å². The first kappa shape index (κ1) is 10.4. The van der Waals surface area contributed by atoms with E-state index in [0.717, 1.165) is 6.54 Å². The highest BCUT2D eigenvalue weighted by Gasteiger charge is 2.10. The largest absolute Gasteiger partial charge is 0.299 e. The molecule has 1 heteroatoms. The second-order valence-electron chi connectivity index (χ2n) is 4.37. The number of hydrogen-bond donors (Lipinski definition) is 0. The Morgan fingerprint density at radius 1 is 1.07 bits per heavy atom. The topological polar surface area (TPSA) is 3.24 Å². The molecule has 0 aliphatic carbocycles. The van der Waals surface area contributed by atoms with Gasteiger partial charge >= 0.3 is 0 Å². The molecule has 1 nitrogen and oxygen atoms in total. The van der Waals surface area contributed by atoms with E-state index in [1.54, 1.807) is 0 Å². The van der Waals surface area contributed by atoms with Crippen LogP contribution >= 0.6 is 0 Å². The van der Waals surface area contributed by atoms with Crippen LogP contribution < -0.4 is 0 Å². The standard InChI is InChI=1S/C14H19N/c1-13-6-5-10-15(11-9-13)12-14-7-3-2-4-8-14/h2-4,7-8H,1,5-6,9-12H2. The van der Waals surface area contributed by atoms with Crippen LogP contribution in [-0.2, 0) is 6.54 Å². The van der Waals surface area contributed by atoms with Crippen LogP contribution in [0.1, 0.15) is 24.8 Å². The molecule has 0 radical (unpaired) electrons. The van der Waals surface area contributed by atoms with E-state index in [9.17, 15) is 0 Å². The zero-order valence-corrected chi connectivity index (χ0v) is 9.28. The summed E-state index contributed by atoms with van der Waals surface area (Å²) in [5.74, 6) is 0. The van der Waals surface area contributed by atoms with Gasteiger partial charge in [0.05, 0.1) is 0 Å². The van der Waals surface area contributed by atoms with Crippen LogP contribution in [0.25, 0.3) is 0 Å². The minimum absolute atomic E-state index is 1.09. The van der Waals surface area contributed by atoms with Gasteiger partial charge in [0, 0.05) is 13.1 Å². The molecule has 1 heterocycles. The molecule has 1 aliphatic heterocycles. The number of benzene rings is 1. The second-order valence-corrected chi connectivity index (χ2v) is 4.37. The molecule has 1 aromatic carbocycles. The number of hydrogen-bond acceptors (Lipinski definition) is 1. The Hall–Kier alpha value is -1.08. The van der Waals surface area contributed by atoms with E-state index >= 15 is 0 Å². The first-order chi connectivity index (χ1) is 7.34. The molecule has 1 saturated heterocycles. The molecule has 0 bridgehead atoms. The van der Waals surface area contributed by atoms with E-state index in [-0.39, 0.29) is 0 Å². The molecule has 15 heavy (non-hydrogen) atoms. The predicted octanol–water partition coefficient (Wildman–Crippen LogP) is 3.23. The summed E-state index contributed by atoms with van der Waals surface area (Å²) >= 11 is 0. The molecule has 80 valence electrons. The van der Waals surface area contributed by atoms with E-state index in [1.807, 2.05) is 0 Å². The number of nitrogens with zero attached hydrogens (tertiary/aromatic N) is 1. The van der Waals surface area contributed by atoms with Gasteiger partial charge < -0.3 is 0 Å². The predicted molar refractivity (Wildman–Crippen MR) is 64.7 cm³/mol. The minimum Gasteiger partial charge on any atom is -0.299 e. The lowest BCUT2D eigenvalue weighted by Crippen LogP contribution is -2.23. The molecule has 0 unspecified atom stereocenters. The van der Waals surface area contributed by atoms with Crippen LogP contribution in [-0.4, -0.2) is 18.0 Å². The molecule has 2 rings (SSSR count). The normalized spacial score (nSPS) is 18.8. The van der Waals surface area contributed by atoms with Crippen molar-refractivity contribution >= 4 is 0 Å². The van der Waals surface area contributed by atoms with Crippen molar-refractivity contribution in [1.82, 2.24) is 4.90 Å². The van der Waals surface area contributed by atoms with E-state index in [4.69, 9.17) is 0 Å². The Morgan fingerprint density at radius 2 is 1.87 bits per heavy atom. The zero-order chi connectivity index (χ0) is 10.5. The first-order valence-electron chi connectivity index (χ1n) is 5.77. The lowest BCUT2D eigenvalue weighted by atomic mass is 10.1. The Balaban J connectivity index is 1.92. The van der Waals surface area contributed by atoms with Crippen LogP contribution in [0.4, 0.5) is 0 Å². The van der Waals surface area contributed by atoms with Crippen LogP contribution in [0.15, 0.2) is 42.5 Å². The molecule has 0 spiro atoms. The third-order valence-corrected chi connectivity index (χ3v) is 3.04. The molecule has 0 saturated carbocycles. The lowest BCUT2D eigenvalue weighted by molar-refractivity contribution is 0.278. The SMILES string of the molecule is C=C1CCCN(Cc2ccccc2)CC1. The van der Waals surface area contributed by atoms with Crippen molar-refractivity contribution in [3.8, 4) is 0 Å². The molecule has 0 atom stereocenters. The lowest BCUT2D eigenvalue weighted by Gasteiger charge is -2.19. The molecule has 1 aromatic rings. The fourth-order valence-corrected chi connectivity index (χ4v) is 2.11. The highest BCUT2D eigenvalue weighted by Crippen LogP contribution is 2.16. The van der Waals surface area contributed by atoms with Gasteiger partial charge in [-0.2, -0.15) is 0 Å². The zero-order valence-electron chi connectivity index (χ0n) is 9.28. The van der Waals surface area contributed by atoms with Gasteiger partial charge in [-0.1, -0.05) is 42.5 Å². The fraction of sp³-hybridized carbons (Fsp3) is 0.429. The Bertz CT molecular complexity index is 315. The second kappa shape index (κ2) is 5.13. The molecule has 0 aromatic heterocycles. The summed E-state index contributed by atoms with van der Waals surface area (Å²) in [5, 5.41) is 0. The third-order valence-electron chi connectivity index (χ3n) is 3.04. The summed E-state index contributed by atoms with van der Waals surface area (Å²) in [7, 11) is 0. The monoisotopic (exact) mass is 201 g/mol. The van der Waals surface area contributed by atoms with Gasteiger partial charge in [-0.05, 0) is 31.4 Å². The van der Waals surface area contributed by atoms with Crippen molar-refractivity contribution in [2.24, 2.45) is 0 Å². The maximum absolute atomic E-state index is 4.09. The molecular formula is C14H19N. The molecule has 0 amide bonds. The van der Waals surface area contributed by atoms with Crippen molar-refractivity contribution in [2.45, 2.75) is 25.8 Å². The Kier molecular flexibility index (Phi) is 3.57. The fourth-order valence-electron chi connectivity index (χ4n) is 2.11. The van der Waals surface area contributed by atoms with E-state index in [0.29, 0.717) is 0 Å². The Morgan fingerprint density at radius 3 is 2.67 bits per heavy atom. The van der Waals surface area contributed by atoms with Crippen LogP contribution in [0.5, 0.6) is 0 Å². The highest BCUT2D eigenvalue weighted by molar-refractivity contribution is 5.14.